The quantitative estimate of drug-likeness (QED) is 0.603. The number of hydrogen-bond acceptors (Lipinski definition) is 3. The number of aliphatic hydroxyl groups is 1. The molecule has 3 aromatic rings. The van der Waals surface area contributed by atoms with E-state index in [1.54, 1.807) is 0 Å². The van der Waals surface area contributed by atoms with Crippen LogP contribution < -0.4 is 0 Å². The molecule has 26 heavy (non-hydrogen) atoms. The molecule has 2 N–H and O–H groups in total. The highest BCUT2D eigenvalue weighted by atomic mass is 16.5. The van der Waals surface area contributed by atoms with Crippen molar-refractivity contribution in [3.63, 3.8) is 0 Å². The van der Waals surface area contributed by atoms with Crippen molar-refractivity contribution in [1.82, 2.24) is 0 Å². The molecule has 3 aromatic carbocycles. The summed E-state index contributed by atoms with van der Waals surface area (Å²) in [5, 5.41) is 19.7. The van der Waals surface area contributed by atoms with Crippen LogP contribution in [0.1, 0.15) is 27.8 Å². The van der Waals surface area contributed by atoms with Crippen molar-refractivity contribution in [3.8, 4) is 5.75 Å². The molecule has 0 amide bonds. The first-order valence-corrected chi connectivity index (χ1v) is 8.86. The fourth-order valence-electron chi connectivity index (χ4n) is 3.07. The number of benzene rings is 3. The molecule has 134 valence electrons. The standard InChI is InChI=1S/C23H24O3/c24-11-12-26-17-20-15-21(13-18-7-3-1-4-8-18)23(25)22(16-20)14-19-9-5-2-6-10-19/h1-10,15-16,24-25H,11-14,17H2. The Hall–Kier alpha value is -2.62. The van der Waals surface area contributed by atoms with Gasteiger partial charge in [0.25, 0.3) is 0 Å². The lowest BCUT2D eigenvalue weighted by atomic mass is 9.95. The molecule has 0 aliphatic heterocycles. The van der Waals surface area contributed by atoms with E-state index in [1.165, 1.54) is 0 Å². The average molecular weight is 348 g/mol. The van der Waals surface area contributed by atoms with Gasteiger partial charge < -0.3 is 14.9 Å². The average Bonchev–Trinajstić information content (AvgIpc) is 2.67. The van der Waals surface area contributed by atoms with Gasteiger partial charge in [-0.25, -0.2) is 0 Å². The Balaban J connectivity index is 1.90. The molecule has 0 saturated carbocycles. The van der Waals surface area contributed by atoms with E-state index in [1.807, 2.05) is 48.5 Å². The number of hydrogen-bond donors (Lipinski definition) is 2. The summed E-state index contributed by atoms with van der Waals surface area (Å²) in [5.41, 5.74) is 5.11. The summed E-state index contributed by atoms with van der Waals surface area (Å²) in [6.07, 6.45) is 1.34. The molecule has 0 unspecified atom stereocenters. The van der Waals surface area contributed by atoms with Crippen molar-refractivity contribution in [1.29, 1.82) is 0 Å². The summed E-state index contributed by atoms with van der Waals surface area (Å²) in [5.74, 6) is 0.351. The first-order chi connectivity index (χ1) is 12.8. The van der Waals surface area contributed by atoms with Crippen LogP contribution in [0.15, 0.2) is 72.8 Å². The minimum absolute atomic E-state index is 0.00578. The molecule has 0 fully saturated rings. The Labute approximate surface area is 154 Å². The monoisotopic (exact) mass is 348 g/mol. The van der Waals surface area contributed by atoms with Crippen LogP contribution in [0, 0.1) is 0 Å². The van der Waals surface area contributed by atoms with Crippen LogP contribution in [0.4, 0.5) is 0 Å². The van der Waals surface area contributed by atoms with Gasteiger partial charge >= 0.3 is 0 Å². The molecule has 0 aliphatic carbocycles. The Morgan fingerprint density at radius 3 is 1.65 bits per heavy atom. The van der Waals surface area contributed by atoms with Crippen molar-refractivity contribution in [2.75, 3.05) is 13.2 Å². The molecule has 0 saturated heterocycles. The molecule has 0 radical (unpaired) electrons. The maximum Gasteiger partial charge on any atom is 0.122 e. The Morgan fingerprint density at radius 1 is 0.692 bits per heavy atom. The molecule has 0 heterocycles. The van der Waals surface area contributed by atoms with Crippen LogP contribution in [-0.2, 0) is 24.2 Å². The second-order valence-electron chi connectivity index (χ2n) is 6.36. The second-order valence-corrected chi connectivity index (χ2v) is 6.36. The number of phenols is 1. The van der Waals surface area contributed by atoms with Crippen LogP contribution in [0.25, 0.3) is 0 Å². The molecular weight excluding hydrogens is 324 g/mol. The fraction of sp³-hybridized carbons (Fsp3) is 0.217. The third-order valence-corrected chi connectivity index (χ3v) is 4.31. The van der Waals surface area contributed by atoms with Gasteiger partial charge in [-0.2, -0.15) is 0 Å². The Bertz CT molecular complexity index is 751. The summed E-state index contributed by atoms with van der Waals surface area (Å²) in [6.45, 7) is 0.735. The molecule has 0 atom stereocenters. The molecule has 0 bridgehead atoms. The molecule has 3 heteroatoms. The largest absolute Gasteiger partial charge is 0.507 e. The van der Waals surface area contributed by atoms with E-state index in [-0.39, 0.29) is 6.61 Å². The highest BCUT2D eigenvalue weighted by Crippen LogP contribution is 2.29. The summed E-state index contributed by atoms with van der Waals surface area (Å²) in [4.78, 5) is 0. The van der Waals surface area contributed by atoms with Crippen LogP contribution in [-0.4, -0.2) is 23.4 Å². The minimum Gasteiger partial charge on any atom is -0.507 e. The zero-order chi connectivity index (χ0) is 18.2. The van der Waals surface area contributed by atoms with Gasteiger partial charge in [-0.05, 0) is 39.9 Å². The summed E-state index contributed by atoms with van der Waals surface area (Å²) in [6, 6.07) is 24.2. The van der Waals surface area contributed by atoms with Crippen LogP contribution in [0.5, 0.6) is 5.75 Å². The van der Waals surface area contributed by atoms with Crippen molar-refractivity contribution >= 4 is 0 Å². The maximum absolute atomic E-state index is 10.8. The molecule has 3 rings (SSSR count). The fourth-order valence-corrected chi connectivity index (χ4v) is 3.07. The number of aromatic hydroxyl groups is 1. The van der Waals surface area contributed by atoms with Crippen molar-refractivity contribution in [2.45, 2.75) is 19.4 Å². The number of ether oxygens (including phenoxy) is 1. The lowest BCUT2D eigenvalue weighted by molar-refractivity contribution is 0.0815. The third-order valence-electron chi connectivity index (χ3n) is 4.31. The van der Waals surface area contributed by atoms with Gasteiger partial charge in [0.1, 0.15) is 5.75 Å². The predicted octanol–water partition coefficient (Wildman–Crippen LogP) is 4.08. The summed E-state index contributed by atoms with van der Waals surface area (Å²) < 4.78 is 5.49. The number of aliphatic hydroxyl groups excluding tert-OH is 1. The second kappa shape index (κ2) is 9.18. The normalized spacial score (nSPS) is 10.8. The lowest BCUT2D eigenvalue weighted by Crippen LogP contribution is -2.02. The van der Waals surface area contributed by atoms with E-state index in [2.05, 4.69) is 24.3 Å². The zero-order valence-electron chi connectivity index (χ0n) is 14.8. The van der Waals surface area contributed by atoms with E-state index in [0.29, 0.717) is 31.8 Å². The Morgan fingerprint density at radius 2 is 1.19 bits per heavy atom. The van der Waals surface area contributed by atoms with Gasteiger partial charge in [-0.15, -0.1) is 0 Å². The van der Waals surface area contributed by atoms with Gasteiger partial charge in [0.15, 0.2) is 0 Å². The number of rotatable bonds is 8. The smallest absolute Gasteiger partial charge is 0.122 e. The Kier molecular flexibility index (Phi) is 6.42. The SMILES string of the molecule is OCCOCc1cc(Cc2ccccc2)c(O)c(Cc2ccccc2)c1. The number of phenolic OH excluding ortho intramolecular Hbond substituents is 1. The van der Waals surface area contributed by atoms with Gasteiger partial charge in [-0.1, -0.05) is 60.7 Å². The highest BCUT2D eigenvalue weighted by Gasteiger charge is 2.12. The van der Waals surface area contributed by atoms with E-state index in [4.69, 9.17) is 9.84 Å². The van der Waals surface area contributed by atoms with Gasteiger partial charge in [-0.3, -0.25) is 0 Å². The molecule has 0 aliphatic rings. The van der Waals surface area contributed by atoms with Crippen LogP contribution >= 0.6 is 0 Å². The maximum atomic E-state index is 10.8. The lowest BCUT2D eigenvalue weighted by Gasteiger charge is -2.14. The third kappa shape index (κ3) is 4.94. The summed E-state index contributed by atoms with van der Waals surface area (Å²) >= 11 is 0. The topological polar surface area (TPSA) is 49.7 Å². The van der Waals surface area contributed by atoms with Crippen molar-refractivity contribution in [3.05, 3.63) is 101 Å². The molecular formula is C23H24O3. The van der Waals surface area contributed by atoms with Gasteiger partial charge in [0.2, 0.25) is 0 Å². The highest BCUT2D eigenvalue weighted by molar-refractivity contribution is 5.47. The zero-order valence-corrected chi connectivity index (χ0v) is 14.8. The van der Waals surface area contributed by atoms with E-state index < -0.39 is 0 Å². The van der Waals surface area contributed by atoms with Gasteiger partial charge in [0, 0.05) is 12.8 Å². The van der Waals surface area contributed by atoms with E-state index >= 15 is 0 Å². The van der Waals surface area contributed by atoms with Crippen molar-refractivity contribution < 1.29 is 14.9 Å². The minimum atomic E-state index is 0.00578. The van der Waals surface area contributed by atoms with Gasteiger partial charge in [0.05, 0.1) is 19.8 Å². The predicted molar refractivity (Wildman–Crippen MR) is 103 cm³/mol. The van der Waals surface area contributed by atoms with E-state index in [9.17, 15) is 5.11 Å². The molecule has 0 aromatic heterocycles. The van der Waals surface area contributed by atoms with Crippen molar-refractivity contribution in [2.24, 2.45) is 0 Å². The molecule has 0 spiro atoms. The first-order valence-electron chi connectivity index (χ1n) is 8.86. The first kappa shape index (κ1) is 18.2. The summed E-state index contributed by atoms with van der Waals surface area (Å²) in [7, 11) is 0. The molecule has 3 nitrogen and oxygen atoms in total. The van der Waals surface area contributed by atoms with E-state index in [0.717, 1.165) is 27.8 Å². The van der Waals surface area contributed by atoms with Crippen LogP contribution in [0.2, 0.25) is 0 Å². The van der Waals surface area contributed by atoms with Crippen LogP contribution in [0.3, 0.4) is 0 Å².